The molecule has 2 unspecified atom stereocenters. The van der Waals surface area contributed by atoms with Gasteiger partial charge in [0.1, 0.15) is 0 Å². The summed E-state index contributed by atoms with van der Waals surface area (Å²) in [6.45, 7) is 4.40. The van der Waals surface area contributed by atoms with Gasteiger partial charge in [-0.15, -0.1) is 0 Å². The van der Waals surface area contributed by atoms with Crippen LogP contribution in [0.3, 0.4) is 0 Å². The zero-order chi connectivity index (χ0) is 11.6. The summed E-state index contributed by atoms with van der Waals surface area (Å²) in [7, 11) is 0. The fraction of sp³-hybridized carbons (Fsp3) is 0.917. The van der Waals surface area contributed by atoms with E-state index in [2.05, 4.69) is 0 Å². The standard InChI is InChI=1S/C12H21NO3/c1-12(15)5-3-6-13(9-12)11(14)10-4-2-7-16-8-10/h10,15H,2-9H2,1H3. The van der Waals surface area contributed by atoms with Crippen molar-refractivity contribution in [1.82, 2.24) is 4.90 Å². The summed E-state index contributed by atoms with van der Waals surface area (Å²) in [5.41, 5.74) is -0.705. The van der Waals surface area contributed by atoms with E-state index in [9.17, 15) is 9.90 Å². The molecule has 0 aromatic heterocycles. The average Bonchev–Trinajstić information content (AvgIpc) is 2.28. The molecule has 0 aromatic rings. The van der Waals surface area contributed by atoms with E-state index >= 15 is 0 Å². The SMILES string of the molecule is CC1(O)CCCN(C(=O)C2CCCOC2)C1. The number of piperidine rings is 1. The first-order valence-electron chi connectivity index (χ1n) is 6.17. The maximum atomic E-state index is 12.2. The number of rotatable bonds is 1. The Morgan fingerprint density at radius 2 is 2.31 bits per heavy atom. The fourth-order valence-electron chi connectivity index (χ4n) is 2.60. The molecule has 4 heteroatoms. The van der Waals surface area contributed by atoms with Crippen molar-refractivity contribution in [1.29, 1.82) is 0 Å². The van der Waals surface area contributed by atoms with E-state index in [1.807, 2.05) is 11.8 Å². The molecule has 2 aliphatic heterocycles. The Balaban J connectivity index is 1.93. The first-order valence-corrected chi connectivity index (χ1v) is 6.17. The quantitative estimate of drug-likeness (QED) is 0.720. The van der Waals surface area contributed by atoms with Crippen molar-refractivity contribution in [3.05, 3.63) is 0 Å². The van der Waals surface area contributed by atoms with Crippen LogP contribution in [0.4, 0.5) is 0 Å². The highest BCUT2D eigenvalue weighted by Crippen LogP contribution is 2.24. The molecule has 0 saturated carbocycles. The lowest BCUT2D eigenvalue weighted by molar-refractivity contribution is -0.145. The molecule has 2 heterocycles. The van der Waals surface area contributed by atoms with E-state index in [1.165, 1.54) is 0 Å². The molecule has 1 N–H and O–H groups in total. The molecular formula is C12H21NO3. The van der Waals surface area contributed by atoms with E-state index in [-0.39, 0.29) is 11.8 Å². The van der Waals surface area contributed by atoms with Crippen molar-refractivity contribution in [3.8, 4) is 0 Å². The predicted molar refractivity (Wildman–Crippen MR) is 60.0 cm³/mol. The summed E-state index contributed by atoms with van der Waals surface area (Å²) < 4.78 is 5.34. The third-order valence-corrected chi connectivity index (χ3v) is 3.50. The number of carbonyl (C=O) groups is 1. The summed E-state index contributed by atoms with van der Waals surface area (Å²) >= 11 is 0. The van der Waals surface area contributed by atoms with Crippen molar-refractivity contribution in [3.63, 3.8) is 0 Å². The topological polar surface area (TPSA) is 49.8 Å². The third kappa shape index (κ3) is 2.74. The van der Waals surface area contributed by atoms with Gasteiger partial charge in [-0.05, 0) is 32.6 Å². The van der Waals surface area contributed by atoms with E-state index in [1.54, 1.807) is 0 Å². The van der Waals surface area contributed by atoms with Crippen LogP contribution in [0.5, 0.6) is 0 Å². The molecule has 92 valence electrons. The number of amides is 1. The zero-order valence-corrected chi connectivity index (χ0v) is 9.95. The molecule has 0 bridgehead atoms. The van der Waals surface area contributed by atoms with Crippen LogP contribution in [0.2, 0.25) is 0 Å². The first kappa shape index (κ1) is 11.9. The minimum atomic E-state index is -0.705. The van der Waals surface area contributed by atoms with Gasteiger partial charge in [-0.1, -0.05) is 0 Å². The van der Waals surface area contributed by atoms with Crippen LogP contribution < -0.4 is 0 Å². The molecule has 2 aliphatic rings. The van der Waals surface area contributed by atoms with E-state index in [0.29, 0.717) is 13.2 Å². The van der Waals surface area contributed by atoms with Crippen molar-refractivity contribution in [2.75, 3.05) is 26.3 Å². The van der Waals surface area contributed by atoms with Crippen LogP contribution in [-0.4, -0.2) is 47.8 Å². The Bertz CT molecular complexity index is 259. The lowest BCUT2D eigenvalue weighted by Gasteiger charge is -2.39. The van der Waals surface area contributed by atoms with Gasteiger partial charge in [0, 0.05) is 19.7 Å². The van der Waals surface area contributed by atoms with Gasteiger partial charge in [0.15, 0.2) is 0 Å². The first-order chi connectivity index (χ1) is 7.58. The van der Waals surface area contributed by atoms with Gasteiger partial charge in [0.05, 0.1) is 18.1 Å². The fourth-order valence-corrected chi connectivity index (χ4v) is 2.60. The predicted octanol–water partition coefficient (Wildman–Crippen LogP) is 0.786. The molecule has 0 aromatic carbocycles. The Morgan fingerprint density at radius 3 is 2.94 bits per heavy atom. The number of hydrogen-bond acceptors (Lipinski definition) is 3. The number of ether oxygens (including phenoxy) is 1. The smallest absolute Gasteiger partial charge is 0.228 e. The summed E-state index contributed by atoms with van der Waals surface area (Å²) in [5, 5.41) is 9.97. The molecule has 1 amide bonds. The number of nitrogens with zero attached hydrogens (tertiary/aromatic N) is 1. The number of β-amino-alcohol motifs (C(OH)–C–C–N with tert-alkyl or cyclic N) is 1. The summed E-state index contributed by atoms with van der Waals surface area (Å²) in [4.78, 5) is 14.0. The van der Waals surface area contributed by atoms with Crippen LogP contribution in [0.25, 0.3) is 0 Å². The normalized spacial score (nSPS) is 36.1. The van der Waals surface area contributed by atoms with Crippen LogP contribution in [0, 0.1) is 5.92 Å². The molecule has 0 aliphatic carbocycles. The lowest BCUT2D eigenvalue weighted by atomic mass is 9.93. The minimum absolute atomic E-state index is 0.0163. The van der Waals surface area contributed by atoms with Crippen molar-refractivity contribution >= 4 is 5.91 Å². The van der Waals surface area contributed by atoms with Crippen molar-refractivity contribution < 1.29 is 14.6 Å². The molecule has 2 atom stereocenters. The Labute approximate surface area is 96.6 Å². The summed E-state index contributed by atoms with van der Waals surface area (Å²) in [5.74, 6) is 0.183. The van der Waals surface area contributed by atoms with E-state index in [0.717, 1.165) is 38.8 Å². The maximum Gasteiger partial charge on any atom is 0.228 e. The average molecular weight is 227 g/mol. The highest BCUT2D eigenvalue weighted by Gasteiger charge is 2.34. The van der Waals surface area contributed by atoms with Crippen molar-refractivity contribution in [2.45, 2.75) is 38.2 Å². The van der Waals surface area contributed by atoms with Crippen LogP contribution >= 0.6 is 0 Å². The molecule has 0 radical (unpaired) electrons. The number of aliphatic hydroxyl groups is 1. The Hall–Kier alpha value is -0.610. The van der Waals surface area contributed by atoms with E-state index < -0.39 is 5.60 Å². The largest absolute Gasteiger partial charge is 0.388 e. The second-order valence-corrected chi connectivity index (χ2v) is 5.27. The van der Waals surface area contributed by atoms with Gasteiger partial charge in [0.25, 0.3) is 0 Å². The lowest BCUT2D eigenvalue weighted by Crippen LogP contribution is -2.51. The van der Waals surface area contributed by atoms with Crippen LogP contribution in [0.1, 0.15) is 32.6 Å². The Morgan fingerprint density at radius 1 is 1.50 bits per heavy atom. The van der Waals surface area contributed by atoms with Crippen LogP contribution in [0.15, 0.2) is 0 Å². The monoisotopic (exact) mass is 227 g/mol. The molecule has 16 heavy (non-hydrogen) atoms. The van der Waals surface area contributed by atoms with Gasteiger partial charge in [-0.2, -0.15) is 0 Å². The highest BCUT2D eigenvalue weighted by molar-refractivity contribution is 5.79. The highest BCUT2D eigenvalue weighted by atomic mass is 16.5. The summed E-state index contributed by atoms with van der Waals surface area (Å²) in [6, 6.07) is 0. The van der Waals surface area contributed by atoms with Crippen LogP contribution in [-0.2, 0) is 9.53 Å². The molecule has 2 rings (SSSR count). The van der Waals surface area contributed by atoms with Crippen molar-refractivity contribution in [2.24, 2.45) is 5.92 Å². The minimum Gasteiger partial charge on any atom is -0.388 e. The van der Waals surface area contributed by atoms with Gasteiger partial charge in [-0.3, -0.25) is 4.79 Å². The third-order valence-electron chi connectivity index (χ3n) is 3.50. The van der Waals surface area contributed by atoms with Gasteiger partial charge in [-0.25, -0.2) is 0 Å². The molecule has 4 nitrogen and oxygen atoms in total. The maximum absolute atomic E-state index is 12.2. The molecule has 2 saturated heterocycles. The number of hydrogen-bond donors (Lipinski definition) is 1. The Kier molecular flexibility index (Phi) is 3.50. The van der Waals surface area contributed by atoms with Gasteiger partial charge in [0.2, 0.25) is 5.91 Å². The molecule has 2 fully saturated rings. The van der Waals surface area contributed by atoms with Gasteiger partial charge < -0.3 is 14.7 Å². The number of likely N-dealkylation sites (tertiary alicyclic amines) is 1. The second kappa shape index (κ2) is 4.72. The van der Waals surface area contributed by atoms with E-state index in [4.69, 9.17) is 4.74 Å². The number of carbonyl (C=O) groups excluding carboxylic acids is 1. The second-order valence-electron chi connectivity index (χ2n) is 5.27. The van der Waals surface area contributed by atoms with Gasteiger partial charge >= 0.3 is 0 Å². The molecular weight excluding hydrogens is 206 g/mol. The molecule has 0 spiro atoms. The zero-order valence-electron chi connectivity index (χ0n) is 9.95. The summed E-state index contributed by atoms with van der Waals surface area (Å²) in [6.07, 6.45) is 3.59.